The summed E-state index contributed by atoms with van der Waals surface area (Å²) < 4.78 is 0. The Hall–Kier alpha value is -0.870. The Kier molecular flexibility index (Phi) is 3.11. The van der Waals surface area contributed by atoms with Gasteiger partial charge in [0.15, 0.2) is 0 Å². The summed E-state index contributed by atoms with van der Waals surface area (Å²) in [4.78, 5) is 16.5. The SMILES string of the molecule is O=C(C1CC12CCNCC2)N1CCCC1c1cccs1. The van der Waals surface area contributed by atoms with Crippen molar-refractivity contribution in [1.29, 1.82) is 0 Å². The third-order valence-electron chi connectivity index (χ3n) is 5.49. The van der Waals surface area contributed by atoms with Crippen LogP contribution in [0.5, 0.6) is 0 Å². The number of carbonyl (C=O) groups excluding carboxylic acids is 1. The summed E-state index contributed by atoms with van der Waals surface area (Å²) in [6.07, 6.45) is 5.84. The van der Waals surface area contributed by atoms with E-state index in [-0.39, 0.29) is 0 Å². The maximum absolute atomic E-state index is 12.9. The second-order valence-electron chi connectivity index (χ2n) is 6.57. The van der Waals surface area contributed by atoms with E-state index < -0.39 is 0 Å². The van der Waals surface area contributed by atoms with E-state index in [0.717, 1.165) is 38.9 Å². The highest BCUT2D eigenvalue weighted by Gasteiger charge is 2.59. The van der Waals surface area contributed by atoms with Crippen molar-refractivity contribution < 1.29 is 4.79 Å². The number of rotatable bonds is 2. The van der Waals surface area contributed by atoms with Crippen LogP contribution in [0, 0.1) is 11.3 Å². The summed E-state index contributed by atoms with van der Waals surface area (Å²) >= 11 is 1.80. The molecule has 1 aliphatic carbocycles. The first-order chi connectivity index (χ1) is 9.80. The van der Waals surface area contributed by atoms with Crippen molar-refractivity contribution in [2.75, 3.05) is 19.6 Å². The molecule has 1 saturated carbocycles. The van der Waals surface area contributed by atoms with Crippen molar-refractivity contribution >= 4 is 17.2 Å². The van der Waals surface area contributed by atoms with Crippen molar-refractivity contribution in [3.63, 3.8) is 0 Å². The van der Waals surface area contributed by atoms with E-state index in [1.54, 1.807) is 11.3 Å². The zero-order chi connectivity index (χ0) is 13.6. The molecule has 3 nitrogen and oxygen atoms in total. The van der Waals surface area contributed by atoms with Crippen LogP contribution in [0.15, 0.2) is 17.5 Å². The molecule has 4 heteroatoms. The van der Waals surface area contributed by atoms with Gasteiger partial charge in [-0.25, -0.2) is 0 Å². The number of nitrogens with zero attached hydrogens (tertiary/aromatic N) is 1. The van der Waals surface area contributed by atoms with Crippen molar-refractivity contribution in [2.24, 2.45) is 11.3 Å². The molecule has 0 bridgehead atoms. The van der Waals surface area contributed by atoms with Gasteiger partial charge < -0.3 is 10.2 Å². The molecule has 1 spiro atoms. The molecule has 3 heterocycles. The molecule has 20 heavy (non-hydrogen) atoms. The molecule has 0 radical (unpaired) electrons. The maximum atomic E-state index is 12.9. The summed E-state index contributed by atoms with van der Waals surface area (Å²) in [6.45, 7) is 3.16. The molecule has 2 unspecified atom stereocenters. The fraction of sp³-hybridized carbons (Fsp3) is 0.688. The molecule has 1 N–H and O–H groups in total. The fourth-order valence-electron chi connectivity index (χ4n) is 4.18. The van der Waals surface area contributed by atoms with E-state index in [1.807, 2.05) is 0 Å². The molecule has 108 valence electrons. The van der Waals surface area contributed by atoms with Crippen LogP contribution in [-0.4, -0.2) is 30.4 Å². The van der Waals surface area contributed by atoms with Crippen LogP contribution in [0.1, 0.15) is 43.0 Å². The predicted molar refractivity (Wildman–Crippen MR) is 80.7 cm³/mol. The number of likely N-dealkylation sites (tertiary alicyclic amines) is 1. The highest BCUT2D eigenvalue weighted by Crippen LogP contribution is 2.60. The van der Waals surface area contributed by atoms with Gasteiger partial charge in [-0.05, 0) is 62.1 Å². The monoisotopic (exact) mass is 290 g/mol. The lowest BCUT2D eigenvalue weighted by atomic mass is 9.91. The van der Waals surface area contributed by atoms with E-state index in [0.29, 0.717) is 23.3 Å². The van der Waals surface area contributed by atoms with E-state index in [9.17, 15) is 4.79 Å². The topological polar surface area (TPSA) is 32.3 Å². The number of hydrogen-bond donors (Lipinski definition) is 1. The van der Waals surface area contributed by atoms with E-state index >= 15 is 0 Å². The van der Waals surface area contributed by atoms with Gasteiger partial charge in [-0.1, -0.05) is 6.07 Å². The van der Waals surface area contributed by atoms with Gasteiger partial charge in [0.2, 0.25) is 5.91 Å². The van der Waals surface area contributed by atoms with Gasteiger partial charge >= 0.3 is 0 Å². The average molecular weight is 290 g/mol. The Morgan fingerprint density at radius 3 is 3.00 bits per heavy atom. The Bertz CT molecular complexity index is 493. The first kappa shape index (κ1) is 12.8. The third-order valence-corrected chi connectivity index (χ3v) is 6.47. The number of piperidine rings is 1. The van der Waals surface area contributed by atoms with Crippen molar-refractivity contribution in [3.8, 4) is 0 Å². The van der Waals surface area contributed by atoms with Crippen LogP contribution in [0.2, 0.25) is 0 Å². The fourth-order valence-corrected chi connectivity index (χ4v) is 5.06. The van der Waals surface area contributed by atoms with Gasteiger partial charge in [0.25, 0.3) is 0 Å². The molecule has 3 fully saturated rings. The second kappa shape index (κ2) is 4.85. The van der Waals surface area contributed by atoms with Crippen LogP contribution in [0.25, 0.3) is 0 Å². The van der Waals surface area contributed by atoms with Crippen LogP contribution < -0.4 is 5.32 Å². The zero-order valence-electron chi connectivity index (χ0n) is 11.8. The van der Waals surface area contributed by atoms with Gasteiger partial charge in [0.1, 0.15) is 0 Å². The Balaban J connectivity index is 1.49. The quantitative estimate of drug-likeness (QED) is 0.908. The number of nitrogens with one attached hydrogen (secondary N) is 1. The summed E-state index contributed by atoms with van der Waals surface area (Å²) in [5.41, 5.74) is 0.366. The highest BCUT2D eigenvalue weighted by atomic mass is 32.1. The molecule has 2 saturated heterocycles. The number of amides is 1. The molecular weight excluding hydrogens is 268 g/mol. The minimum Gasteiger partial charge on any atom is -0.335 e. The lowest BCUT2D eigenvalue weighted by molar-refractivity contribution is -0.134. The Morgan fingerprint density at radius 1 is 1.40 bits per heavy atom. The standard InChI is InChI=1S/C16H22N2OS/c19-15(12-11-16(12)5-7-17-8-6-16)18-9-1-3-13(18)14-4-2-10-20-14/h2,4,10,12-13,17H,1,3,5-9,11H2. The summed E-state index contributed by atoms with van der Waals surface area (Å²) in [5.74, 6) is 0.771. The zero-order valence-corrected chi connectivity index (χ0v) is 12.6. The summed E-state index contributed by atoms with van der Waals surface area (Å²) in [6, 6.07) is 4.66. The van der Waals surface area contributed by atoms with Crippen molar-refractivity contribution in [1.82, 2.24) is 10.2 Å². The minimum atomic E-state index is 0.324. The molecule has 1 amide bonds. The largest absolute Gasteiger partial charge is 0.335 e. The molecule has 0 aromatic carbocycles. The normalized spacial score (nSPS) is 31.7. The maximum Gasteiger partial charge on any atom is 0.226 e. The highest BCUT2D eigenvalue weighted by molar-refractivity contribution is 7.10. The van der Waals surface area contributed by atoms with Crippen molar-refractivity contribution in [2.45, 2.75) is 38.1 Å². The van der Waals surface area contributed by atoms with Gasteiger partial charge in [-0.3, -0.25) is 4.79 Å². The molecule has 1 aromatic rings. The molecule has 2 atom stereocenters. The second-order valence-corrected chi connectivity index (χ2v) is 7.55. The van der Waals surface area contributed by atoms with Gasteiger partial charge in [-0.15, -0.1) is 11.3 Å². The number of thiophene rings is 1. The first-order valence-corrected chi connectivity index (χ1v) is 8.73. The average Bonchev–Trinajstić information content (AvgIpc) is 2.95. The lowest BCUT2D eigenvalue weighted by Gasteiger charge is -2.27. The van der Waals surface area contributed by atoms with Crippen LogP contribution in [-0.2, 0) is 4.79 Å². The van der Waals surface area contributed by atoms with E-state index in [4.69, 9.17) is 0 Å². The van der Waals surface area contributed by atoms with Crippen LogP contribution in [0.3, 0.4) is 0 Å². The van der Waals surface area contributed by atoms with Gasteiger partial charge in [0, 0.05) is 17.3 Å². The van der Waals surface area contributed by atoms with E-state index in [2.05, 4.69) is 27.7 Å². The summed E-state index contributed by atoms with van der Waals surface area (Å²) in [5, 5.41) is 5.54. The third kappa shape index (κ3) is 2.01. The van der Waals surface area contributed by atoms with Gasteiger partial charge in [0.05, 0.1) is 6.04 Å². The van der Waals surface area contributed by atoms with Crippen molar-refractivity contribution in [3.05, 3.63) is 22.4 Å². The Labute approximate surface area is 124 Å². The Morgan fingerprint density at radius 2 is 2.25 bits per heavy atom. The molecule has 4 rings (SSSR count). The van der Waals surface area contributed by atoms with E-state index in [1.165, 1.54) is 17.7 Å². The minimum absolute atomic E-state index is 0.324. The molecule has 2 aliphatic heterocycles. The van der Waals surface area contributed by atoms with Gasteiger partial charge in [-0.2, -0.15) is 0 Å². The molecule has 3 aliphatic rings. The van der Waals surface area contributed by atoms with Crippen LogP contribution in [0.4, 0.5) is 0 Å². The molecular formula is C16H22N2OS. The molecule has 1 aromatic heterocycles. The predicted octanol–water partition coefficient (Wildman–Crippen LogP) is 2.80. The first-order valence-electron chi connectivity index (χ1n) is 7.85. The number of carbonyl (C=O) groups is 1. The lowest BCUT2D eigenvalue weighted by Crippen LogP contribution is -2.36. The smallest absolute Gasteiger partial charge is 0.226 e. The number of hydrogen-bond acceptors (Lipinski definition) is 3. The summed E-state index contributed by atoms with van der Waals surface area (Å²) in [7, 11) is 0. The van der Waals surface area contributed by atoms with Crippen LogP contribution >= 0.6 is 11.3 Å².